The van der Waals surface area contributed by atoms with Gasteiger partial charge in [0.1, 0.15) is 17.2 Å². The van der Waals surface area contributed by atoms with Gasteiger partial charge in [-0.1, -0.05) is 0 Å². The van der Waals surface area contributed by atoms with Crippen LogP contribution in [0.2, 0.25) is 0 Å². The molecule has 0 N–H and O–H groups in total. The largest absolute Gasteiger partial charge is 0.462 e. The number of ether oxygens (including phenoxy) is 2. The molecule has 0 unspecified atom stereocenters. The maximum Gasteiger partial charge on any atom is 0.446 e. The van der Waals surface area contributed by atoms with E-state index in [1.165, 1.54) is 13.0 Å². The Morgan fingerprint density at radius 3 is 2.50 bits per heavy atom. The van der Waals surface area contributed by atoms with Crippen molar-refractivity contribution in [1.29, 1.82) is 5.26 Å². The van der Waals surface area contributed by atoms with E-state index in [-0.39, 0.29) is 6.61 Å². The molecule has 0 atom stereocenters. The molecule has 0 saturated carbocycles. The Hall–Kier alpha value is -2.02. The number of rotatable bonds is 5. The number of hydrogen-bond donors (Lipinski definition) is 0. The van der Waals surface area contributed by atoms with Gasteiger partial charge in [-0.2, -0.15) is 27.2 Å². The normalized spacial score (nSPS) is 11.2. The summed E-state index contributed by atoms with van der Waals surface area (Å²) in [7, 11) is 0. The molecule has 0 radical (unpaired) electrons. The van der Waals surface area contributed by atoms with Crippen molar-refractivity contribution in [2.24, 2.45) is 0 Å². The van der Waals surface area contributed by atoms with Gasteiger partial charge < -0.3 is 9.47 Å². The van der Waals surface area contributed by atoms with Crippen LogP contribution in [-0.4, -0.2) is 24.7 Å². The van der Waals surface area contributed by atoms with Crippen LogP contribution in [0.1, 0.15) is 22.8 Å². The van der Waals surface area contributed by atoms with Gasteiger partial charge in [0, 0.05) is 4.90 Å². The zero-order valence-electron chi connectivity index (χ0n) is 10.9. The molecule has 0 heterocycles. The number of benzene rings is 1. The Morgan fingerprint density at radius 1 is 1.41 bits per heavy atom. The van der Waals surface area contributed by atoms with Crippen molar-refractivity contribution in [2.45, 2.75) is 23.9 Å². The van der Waals surface area contributed by atoms with Crippen LogP contribution in [0.4, 0.5) is 22.0 Å². The van der Waals surface area contributed by atoms with E-state index in [9.17, 15) is 26.7 Å². The third kappa shape index (κ3) is 4.77. The summed E-state index contributed by atoms with van der Waals surface area (Å²) in [6, 6.07) is 3.00. The lowest BCUT2D eigenvalue weighted by Crippen LogP contribution is -2.13. The number of alkyl halides is 5. The predicted molar refractivity (Wildman–Crippen MR) is 65.7 cm³/mol. The molecule has 22 heavy (non-hydrogen) atoms. The van der Waals surface area contributed by atoms with Crippen molar-refractivity contribution in [3.05, 3.63) is 23.3 Å². The van der Waals surface area contributed by atoms with Gasteiger partial charge in [-0.25, -0.2) is 4.79 Å². The van der Waals surface area contributed by atoms with Crippen molar-refractivity contribution < 1.29 is 36.2 Å². The third-order valence-electron chi connectivity index (χ3n) is 2.16. The van der Waals surface area contributed by atoms with Crippen LogP contribution in [0.25, 0.3) is 0 Å². The highest BCUT2D eigenvalue weighted by molar-refractivity contribution is 8.00. The highest BCUT2D eigenvalue weighted by Gasteiger charge is 2.33. The molecule has 0 aromatic heterocycles. The summed E-state index contributed by atoms with van der Waals surface area (Å²) in [5, 5.41) is 8.94. The lowest BCUT2D eigenvalue weighted by molar-refractivity contribution is -0.0508. The minimum absolute atomic E-state index is 0.0894. The molecule has 4 nitrogen and oxygen atoms in total. The lowest BCUT2D eigenvalue weighted by atomic mass is 10.1. The van der Waals surface area contributed by atoms with Crippen molar-refractivity contribution in [1.82, 2.24) is 0 Å². The fourth-order valence-electron chi connectivity index (χ4n) is 1.46. The van der Waals surface area contributed by atoms with Gasteiger partial charge in [0.15, 0.2) is 5.75 Å². The number of carbonyl (C=O) groups excluding carboxylic acids is 1. The van der Waals surface area contributed by atoms with E-state index < -0.39 is 51.6 Å². The average Bonchev–Trinajstić information content (AvgIpc) is 2.36. The van der Waals surface area contributed by atoms with E-state index in [1.54, 1.807) is 0 Å². The van der Waals surface area contributed by atoms with Gasteiger partial charge in [0.2, 0.25) is 0 Å². The highest BCUT2D eigenvalue weighted by Crippen LogP contribution is 2.42. The molecular formula is C12H8F5NO3S. The van der Waals surface area contributed by atoms with E-state index in [4.69, 9.17) is 5.26 Å². The second-order valence-corrected chi connectivity index (χ2v) is 4.68. The van der Waals surface area contributed by atoms with Crippen molar-refractivity contribution in [3.8, 4) is 11.8 Å². The van der Waals surface area contributed by atoms with Crippen LogP contribution in [0.5, 0.6) is 5.75 Å². The van der Waals surface area contributed by atoms with Crippen LogP contribution in [0.3, 0.4) is 0 Å². The Kier molecular flexibility index (Phi) is 5.99. The fraction of sp³-hybridized carbons (Fsp3) is 0.333. The minimum atomic E-state index is -4.74. The predicted octanol–water partition coefficient (Wildman–Crippen LogP) is 3.95. The second-order valence-electron chi connectivity index (χ2n) is 3.57. The molecule has 120 valence electrons. The summed E-state index contributed by atoms with van der Waals surface area (Å²) < 4.78 is 70.7. The Labute approximate surface area is 125 Å². The molecule has 0 fully saturated rings. The van der Waals surface area contributed by atoms with Crippen LogP contribution in [-0.2, 0) is 4.74 Å². The van der Waals surface area contributed by atoms with E-state index in [1.807, 2.05) is 0 Å². The zero-order valence-corrected chi connectivity index (χ0v) is 11.7. The van der Waals surface area contributed by atoms with Crippen LogP contribution in [0.15, 0.2) is 17.0 Å². The van der Waals surface area contributed by atoms with E-state index in [0.29, 0.717) is 0 Å². The van der Waals surface area contributed by atoms with Gasteiger partial charge in [-0.15, -0.1) is 0 Å². The first-order valence-electron chi connectivity index (χ1n) is 5.64. The number of hydrogen-bond acceptors (Lipinski definition) is 5. The molecular weight excluding hydrogens is 333 g/mol. The molecule has 1 aromatic carbocycles. The van der Waals surface area contributed by atoms with Gasteiger partial charge in [-0.3, -0.25) is 0 Å². The average molecular weight is 341 g/mol. The topological polar surface area (TPSA) is 59.3 Å². The number of carbonyl (C=O) groups is 1. The molecule has 0 aliphatic carbocycles. The molecule has 0 aliphatic heterocycles. The highest BCUT2D eigenvalue weighted by atomic mass is 32.2. The second kappa shape index (κ2) is 7.31. The summed E-state index contributed by atoms with van der Waals surface area (Å²) in [6.07, 6.45) is 0. The first-order valence-corrected chi connectivity index (χ1v) is 6.46. The van der Waals surface area contributed by atoms with E-state index >= 15 is 0 Å². The van der Waals surface area contributed by atoms with Crippen LogP contribution < -0.4 is 4.74 Å². The summed E-state index contributed by atoms with van der Waals surface area (Å²) in [4.78, 5) is 11.0. The monoisotopic (exact) mass is 341 g/mol. The number of halogens is 5. The number of nitriles is 1. The Morgan fingerprint density at radius 2 is 2.05 bits per heavy atom. The molecule has 0 aliphatic rings. The minimum Gasteiger partial charge on any atom is -0.462 e. The quantitative estimate of drug-likeness (QED) is 0.461. The Bertz CT molecular complexity index is 598. The Balaban J connectivity index is 3.43. The maximum atomic E-state index is 12.4. The maximum absolute atomic E-state index is 12.4. The van der Waals surface area contributed by atoms with E-state index in [2.05, 4.69) is 9.47 Å². The molecule has 1 aromatic rings. The first kappa shape index (κ1) is 18.0. The molecule has 0 amide bonds. The van der Waals surface area contributed by atoms with Gasteiger partial charge in [0.05, 0.1) is 6.61 Å². The summed E-state index contributed by atoms with van der Waals surface area (Å²) in [5.74, 6) is -2.02. The van der Waals surface area contributed by atoms with Crippen molar-refractivity contribution >= 4 is 17.7 Å². The lowest BCUT2D eigenvalue weighted by Gasteiger charge is -2.14. The first-order chi connectivity index (χ1) is 10.2. The summed E-state index contributed by atoms with van der Waals surface area (Å²) in [6.45, 7) is -2.06. The number of nitrogens with zero attached hydrogens (tertiary/aromatic N) is 1. The van der Waals surface area contributed by atoms with Crippen LogP contribution >= 0.6 is 11.8 Å². The number of thioether (sulfide) groups is 1. The SMILES string of the molecule is CCOC(=O)c1ccc(SC(F)(F)F)c(C#N)c1OC(F)F. The van der Waals surface area contributed by atoms with Gasteiger partial charge >= 0.3 is 18.1 Å². The van der Waals surface area contributed by atoms with Crippen molar-refractivity contribution in [3.63, 3.8) is 0 Å². The zero-order chi connectivity index (χ0) is 16.9. The molecule has 1 rings (SSSR count). The van der Waals surface area contributed by atoms with Gasteiger partial charge in [-0.05, 0) is 30.8 Å². The number of esters is 1. The molecule has 0 bridgehead atoms. The molecule has 10 heteroatoms. The standard InChI is InChI=1S/C12H8F5NO3S/c1-2-20-10(19)6-3-4-8(22-12(15,16)17)7(5-18)9(6)21-11(13)14/h3-4,11H,2H2,1H3. The summed E-state index contributed by atoms with van der Waals surface area (Å²) >= 11 is -0.673. The fourth-order valence-corrected chi connectivity index (χ4v) is 2.09. The van der Waals surface area contributed by atoms with Crippen molar-refractivity contribution in [2.75, 3.05) is 6.61 Å². The summed E-state index contributed by atoms with van der Waals surface area (Å²) in [5.41, 5.74) is -6.10. The third-order valence-corrected chi connectivity index (χ3v) is 2.95. The molecule has 0 saturated heterocycles. The van der Waals surface area contributed by atoms with Gasteiger partial charge in [0.25, 0.3) is 0 Å². The van der Waals surface area contributed by atoms with Crippen LogP contribution in [0, 0.1) is 11.3 Å². The molecule has 0 spiro atoms. The smallest absolute Gasteiger partial charge is 0.446 e. The van der Waals surface area contributed by atoms with E-state index in [0.717, 1.165) is 12.1 Å².